The fourth-order valence-electron chi connectivity index (χ4n) is 2.97. The molecular weight excluding hydrogens is 422 g/mol. The predicted molar refractivity (Wildman–Crippen MR) is 116 cm³/mol. The number of aromatic nitrogens is 3. The van der Waals surface area contributed by atoms with Crippen molar-refractivity contribution in [3.63, 3.8) is 0 Å². The number of fused-ring (bicyclic) bond motifs is 1. The Morgan fingerprint density at radius 3 is 2.87 bits per heavy atom. The van der Waals surface area contributed by atoms with E-state index in [0.29, 0.717) is 33.1 Å². The molecule has 4 rings (SSSR count). The second kappa shape index (κ2) is 8.85. The van der Waals surface area contributed by atoms with Crippen LogP contribution in [0.15, 0.2) is 56.3 Å². The van der Waals surface area contributed by atoms with Crippen LogP contribution in [0.2, 0.25) is 0 Å². The molecule has 0 saturated heterocycles. The molecule has 1 aromatic carbocycles. The van der Waals surface area contributed by atoms with E-state index in [0.717, 1.165) is 17.1 Å². The number of hydrogen-bond acceptors (Lipinski definition) is 8. The van der Waals surface area contributed by atoms with Gasteiger partial charge in [0.05, 0.1) is 47.1 Å². The lowest BCUT2D eigenvalue weighted by Crippen LogP contribution is -2.24. The van der Waals surface area contributed by atoms with Crippen LogP contribution in [-0.2, 0) is 23.5 Å². The van der Waals surface area contributed by atoms with E-state index in [4.69, 9.17) is 9.15 Å². The summed E-state index contributed by atoms with van der Waals surface area (Å²) in [5.41, 5.74) is 1.56. The SMILES string of the molecule is CCc1nc(CSc2nc3cc(C(=O)OC)ccc3c(=O)n2Cc2ccco2)cs1. The lowest BCUT2D eigenvalue weighted by Gasteiger charge is -2.12. The number of ether oxygens (including phenoxy) is 1. The second-order valence-corrected chi connectivity index (χ2v) is 8.35. The van der Waals surface area contributed by atoms with Gasteiger partial charge in [0.15, 0.2) is 5.16 Å². The van der Waals surface area contributed by atoms with Crippen molar-refractivity contribution in [2.75, 3.05) is 7.11 Å². The number of thiazole rings is 1. The number of benzene rings is 1. The number of hydrogen-bond donors (Lipinski definition) is 0. The van der Waals surface area contributed by atoms with E-state index in [2.05, 4.69) is 16.9 Å². The first-order chi connectivity index (χ1) is 14.6. The highest BCUT2D eigenvalue weighted by Crippen LogP contribution is 2.24. The maximum atomic E-state index is 13.2. The van der Waals surface area contributed by atoms with Crippen molar-refractivity contribution < 1.29 is 13.9 Å². The zero-order valence-corrected chi connectivity index (χ0v) is 18.1. The van der Waals surface area contributed by atoms with Crippen LogP contribution in [0, 0.1) is 0 Å². The molecule has 0 fully saturated rings. The number of aryl methyl sites for hydroxylation is 1. The minimum atomic E-state index is -0.470. The molecule has 0 spiro atoms. The third kappa shape index (κ3) is 4.17. The Morgan fingerprint density at radius 1 is 1.30 bits per heavy atom. The lowest BCUT2D eigenvalue weighted by atomic mass is 10.1. The Kier molecular flexibility index (Phi) is 6.01. The van der Waals surface area contributed by atoms with Crippen LogP contribution in [-0.4, -0.2) is 27.6 Å². The Morgan fingerprint density at radius 2 is 2.17 bits per heavy atom. The Bertz CT molecular complexity index is 1250. The van der Waals surface area contributed by atoms with Gasteiger partial charge in [-0.2, -0.15) is 0 Å². The minimum absolute atomic E-state index is 0.192. The molecule has 0 saturated carbocycles. The predicted octanol–water partition coefficient (Wildman–Crippen LogP) is 4.14. The van der Waals surface area contributed by atoms with Gasteiger partial charge in [-0.05, 0) is 36.8 Å². The molecule has 30 heavy (non-hydrogen) atoms. The summed E-state index contributed by atoms with van der Waals surface area (Å²) in [4.78, 5) is 34.4. The van der Waals surface area contributed by atoms with Crippen molar-refractivity contribution in [1.29, 1.82) is 0 Å². The third-order valence-corrected chi connectivity index (χ3v) is 6.54. The molecule has 0 atom stereocenters. The Hall–Kier alpha value is -2.91. The third-order valence-electron chi connectivity index (χ3n) is 4.49. The molecular formula is C21H19N3O4S2. The number of methoxy groups -OCH3 is 1. The van der Waals surface area contributed by atoms with Crippen LogP contribution in [0.25, 0.3) is 10.9 Å². The van der Waals surface area contributed by atoms with Gasteiger partial charge in [0.1, 0.15) is 5.76 Å². The summed E-state index contributed by atoms with van der Waals surface area (Å²) < 4.78 is 11.8. The van der Waals surface area contributed by atoms with Crippen molar-refractivity contribution >= 4 is 40.0 Å². The number of carbonyl (C=O) groups excluding carboxylic acids is 1. The maximum absolute atomic E-state index is 13.2. The van der Waals surface area contributed by atoms with Gasteiger partial charge in [-0.15, -0.1) is 11.3 Å². The fourth-order valence-corrected chi connectivity index (χ4v) is 4.71. The molecule has 3 heterocycles. The molecule has 0 radical (unpaired) electrons. The Balaban J connectivity index is 1.76. The molecule has 0 amide bonds. The number of thioether (sulfide) groups is 1. The van der Waals surface area contributed by atoms with Gasteiger partial charge >= 0.3 is 5.97 Å². The Labute approximate surface area is 180 Å². The van der Waals surface area contributed by atoms with Crippen molar-refractivity contribution in [2.45, 2.75) is 30.8 Å². The first-order valence-electron chi connectivity index (χ1n) is 9.30. The zero-order chi connectivity index (χ0) is 21.1. The van der Waals surface area contributed by atoms with Crippen LogP contribution in [0.4, 0.5) is 0 Å². The van der Waals surface area contributed by atoms with Crippen molar-refractivity contribution in [2.24, 2.45) is 0 Å². The number of furan rings is 1. The van der Waals surface area contributed by atoms with Gasteiger partial charge < -0.3 is 9.15 Å². The number of esters is 1. The summed E-state index contributed by atoms with van der Waals surface area (Å²) in [6.45, 7) is 2.34. The molecule has 0 N–H and O–H groups in total. The molecule has 0 aliphatic carbocycles. The van der Waals surface area contributed by atoms with Gasteiger partial charge in [-0.25, -0.2) is 14.8 Å². The quantitative estimate of drug-likeness (QED) is 0.242. The summed E-state index contributed by atoms with van der Waals surface area (Å²) in [5, 5.41) is 4.07. The highest BCUT2D eigenvalue weighted by molar-refractivity contribution is 7.98. The standard InChI is InChI=1S/C21H19N3O4S2/c1-3-18-22-14(11-29-18)12-30-21-23-17-9-13(20(26)27-2)6-7-16(17)19(25)24(21)10-15-5-4-8-28-15/h4-9,11H,3,10,12H2,1-2H3. The van der Waals surface area contributed by atoms with Gasteiger partial charge in [-0.1, -0.05) is 18.7 Å². The van der Waals surface area contributed by atoms with E-state index >= 15 is 0 Å². The minimum Gasteiger partial charge on any atom is -0.467 e. The monoisotopic (exact) mass is 441 g/mol. The molecule has 0 aliphatic heterocycles. The topological polar surface area (TPSA) is 87.2 Å². The van der Waals surface area contributed by atoms with Crippen LogP contribution in [0.3, 0.4) is 0 Å². The summed E-state index contributed by atoms with van der Waals surface area (Å²) in [6, 6.07) is 8.37. The molecule has 0 unspecified atom stereocenters. The molecule has 9 heteroatoms. The molecule has 0 bridgehead atoms. The maximum Gasteiger partial charge on any atom is 0.337 e. The fraction of sp³-hybridized carbons (Fsp3) is 0.238. The first-order valence-corrected chi connectivity index (χ1v) is 11.2. The average Bonchev–Trinajstić information content (AvgIpc) is 3.45. The van der Waals surface area contributed by atoms with Crippen molar-refractivity contribution in [3.8, 4) is 0 Å². The van der Waals surface area contributed by atoms with E-state index in [1.54, 1.807) is 46.4 Å². The van der Waals surface area contributed by atoms with E-state index in [9.17, 15) is 9.59 Å². The van der Waals surface area contributed by atoms with Gasteiger partial charge in [-0.3, -0.25) is 9.36 Å². The van der Waals surface area contributed by atoms with Crippen LogP contribution in [0.5, 0.6) is 0 Å². The van der Waals surface area contributed by atoms with Crippen molar-refractivity contribution in [3.05, 3.63) is 74.4 Å². The highest BCUT2D eigenvalue weighted by Gasteiger charge is 2.16. The zero-order valence-electron chi connectivity index (χ0n) is 16.5. The van der Waals surface area contributed by atoms with Gasteiger partial charge in [0.2, 0.25) is 0 Å². The normalized spacial score (nSPS) is 11.1. The molecule has 3 aromatic heterocycles. The van der Waals surface area contributed by atoms with E-state index in [1.807, 2.05) is 11.4 Å². The van der Waals surface area contributed by atoms with Gasteiger partial charge in [0, 0.05) is 11.1 Å². The van der Waals surface area contributed by atoms with Crippen LogP contribution in [0.1, 0.15) is 33.7 Å². The molecule has 4 aromatic rings. The largest absolute Gasteiger partial charge is 0.467 e. The van der Waals surface area contributed by atoms with Crippen LogP contribution >= 0.6 is 23.1 Å². The second-order valence-electron chi connectivity index (χ2n) is 6.46. The summed E-state index contributed by atoms with van der Waals surface area (Å²) in [5.74, 6) is 0.777. The molecule has 0 aliphatic rings. The van der Waals surface area contributed by atoms with Crippen molar-refractivity contribution in [1.82, 2.24) is 14.5 Å². The molecule has 154 valence electrons. The summed E-state index contributed by atoms with van der Waals surface area (Å²) >= 11 is 3.06. The van der Waals surface area contributed by atoms with E-state index in [-0.39, 0.29) is 12.1 Å². The molecule has 7 nitrogen and oxygen atoms in total. The lowest BCUT2D eigenvalue weighted by molar-refractivity contribution is 0.0601. The summed E-state index contributed by atoms with van der Waals surface area (Å²) in [6.07, 6.45) is 2.47. The summed E-state index contributed by atoms with van der Waals surface area (Å²) in [7, 11) is 1.32. The average molecular weight is 442 g/mol. The number of nitrogens with zero attached hydrogens (tertiary/aromatic N) is 3. The number of carbonyl (C=O) groups is 1. The number of rotatable bonds is 7. The smallest absolute Gasteiger partial charge is 0.337 e. The van der Waals surface area contributed by atoms with Crippen LogP contribution < -0.4 is 5.56 Å². The van der Waals surface area contributed by atoms with Gasteiger partial charge in [0.25, 0.3) is 5.56 Å². The van der Waals surface area contributed by atoms with E-state index < -0.39 is 5.97 Å². The highest BCUT2D eigenvalue weighted by atomic mass is 32.2. The first kappa shape index (κ1) is 20.4. The van der Waals surface area contributed by atoms with E-state index in [1.165, 1.54) is 18.9 Å².